The number of anilines is 1. The number of allylic oxidation sites excluding steroid dienone is 1. The monoisotopic (exact) mass is 297 g/mol. The van der Waals surface area contributed by atoms with Gasteiger partial charge in [0.1, 0.15) is 5.69 Å². The van der Waals surface area contributed by atoms with Crippen LogP contribution >= 0.6 is 0 Å². The predicted octanol–water partition coefficient (Wildman–Crippen LogP) is 3.65. The molecule has 22 heavy (non-hydrogen) atoms. The number of rotatable bonds is 2. The number of nitro groups is 2. The van der Waals surface area contributed by atoms with Crippen LogP contribution in [0, 0.1) is 20.2 Å². The molecule has 1 N–H and O–H groups in total. The molecule has 0 aromatic heterocycles. The van der Waals surface area contributed by atoms with Gasteiger partial charge in [0.15, 0.2) is 0 Å². The Hall–Kier alpha value is -3.22. The molecule has 1 heterocycles. The predicted molar refractivity (Wildman–Crippen MR) is 81.7 cm³/mol. The zero-order valence-corrected chi connectivity index (χ0v) is 11.4. The maximum atomic E-state index is 11.3. The van der Waals surface area contributed by atoms with Crippen molar-refractivity contribution in [2.45, 2.75) is 6.42 Å². The Kier molecular flexibility index (Phi) is 3.30. The maximum absolute atomic E-state index is 11.3. The van der Waals surface area contributed by atoms with E-state index < -0.39 is 9.85 Å². The highest BCUT2D eigenvalue weighted by Gasteiger charge is 2.25. The van der Waals surface area contributed by atoms with Gasteiger partial charge in [0.05, 0.1) is 15.9 Å². The minimum absolute atomic E-state index is 0.263. The molecule has 0 fully saturated rings. The standard InChI is InChI=1S/C15H11N3O4/c19-17(20)11-8-13-12-6-2-1-4-10(12)5-3-7-16-15(13)14(9-11)18(21)22/h1-4,6-9,16H,5H2/b7-3-. The quantitative estimate of drug-likeness (QED) is 0.673. The number of benzene rings is 2. The summed E-state index contributed by atoms with van der Waals surface area (Å²) in [7, 11) is 0. The third-order valence-electron chi connectivity index (χ3n) is 3.50. The maximum Gasteiger partial charge on any atom is 0.300 e. The second kappa shape index (κ2) is 5.28. The minimum atomic E-state index is -0.621. The number of nitrogens with one attached hydrogen (secondary N) is 1. The third kappa shape index (κ3) is 2.28. The molecule has 0 aliphatic carbocycles. The van der Waals surface area contributed by atoms with Gasteiger partial charge in [-0.3, -0.25) is 20.2 Å². The molecule has 1 aliphatic heterocycles. The highest BCUT2D eigenvalue weighted by atomic mass is 16.6. The molecule has 0 amide bonds. The summed E-state index contributed by atoms with van der Waals surface area (Å²) in [6.07, 6.45) is 4.11. The van der Waals surface area contributed by atoms with Crippen LogP contribution in [0.4, 0.5) is 17.1 Å². The highest BCUT2D eigenvalue weighted by molar-refractivity contribution is 5.89. The summed E-state index contributed by atoms with van der Waals surface area (Å²) in [6, 6.07) is 9.73. The van der Waals surface area contributed by atoms with Gasteiger partial charge in [0.25, 0.3) is 11.4 Å². The Labute approximate surface area is 125 Å². The van der Waals surface area contributed by atoms with E-state index in [4.69, 9.17) is 0 Å². The van der Waals surface area contributed by atoms with Crippen molar-refractivity contribution in [1.29, 1.82) is 0 Å². The number of nitro benzene ring substituents is 2. The summed E-state index contributed by atoms with van der Waals surface area (Å²) in [4.78, 5) is 21.1. The van der Waals surface area contributed by atoms with Gasteiger partial charge in [-0.2, -0.15) is 0 Å². The van der Waals surface area contributed by atoms with Crippen LogP contribution in [-0.4, -0.2) is 9.85 Å². The number of hydrogen-bond donors (Lipinski definition) is 1. The van der Waals surface area contributed by atoms with Crippen LogP contribution < -0.4 is 5.32 Å². The van der Waals surface area contributed by atoms with Crippen LogP contribution in [0.3, 0.4) is 0 Å². The van der Waals surface area contributed by atoms with Gasteiger partial charge in [-0.25, -0.2) is 0 Å². The summed E-state index contributed by atoms with van der Waals surface area (Å²) < 4.78 is 0. The Morgan fingerprint density at radius 3 is 2.50 bits per heavy atom. The first kappa shape index (κ1) is 13.7. The van der Waals surface area contributed by atoms with Crippen LogP contribution in [0.15, 0.2) is 48.7 Å². The zero-order valence-electron chi connectivity index (χ0n) is 11.4. The van der Waals surface area contributed by atoms with E-state index in [1.165, 1.54) is 6.07 Å². The molecule has 0 bridgehead atoms. The molecule has 0 unspecified atom stereocenters. The van der Waals surface area contributed by atoms with E-state index in [9.17, 15) is 20.2 Å². The topological polar surface area (TPSA) is 98.3 Å². The van der Waals surface area contributed by atoms with Gasteiger partial charge in [-0.1, -0.05) is 30.3 Å². The van der Waals surface area contributed by atoms with Crippen molar-refractivity contribution in [3.05, 3.63) is 74.5 Å². The molecular formula is C15H11N3O4. The van der Waals surface area contributed by atoms with Gasteiger partial charge >= 0.3 is 0 Å². The van der Waals surface area contributed by atoms with Gasteiger partial charge in [-0.05, 0) is 23.7 Å². The van der Waals surface area contributed by atoms with Gasteiger partial charge < -0.3 is 5.32 Å². The van der Waals surface area contributed by atoms with Crippen LogP contribution in [0.25, 0.3) is 11.1 Å². The van der Waals surface area contributed by atoms with E-state index in [0.717, 1.165) is 17.2 Å². The highest BCUT2D eigenvalue weighted by Crippen LogP contribution is 2.41. The molecule has 0 radical (unpaired) electrons. The minimum Gasteiger partial charge on any atom is -0.356 e. The number of nitrogens with zero attached hydrogens (tertiary/aromatic N) is 2. The fourth-order valence-corrected chi connectivity index (χ4v) is 2.51. The van der Waals surface area contributed by atoms with E-state index in [1.807, 2.05) is 24.3 Å². The second-order valence-electron chi connectivity index (χ2n) is 4.81. The lowest BCUT2D eigenvalue weighted by molar-refractivity contribution is -0.393. The lowest BCUT2D eigenvalue weighted by Crippen LogP contribution is -2.03. The van der Waals surface area contributed by atoms with Crippen molar-refractivity contribution in [2.75, 3.05) is 5.32 Å². The van der Waals surface area contributed by atoms with Crippen molar-refractivity contribution in [3.63, 3.8) is 0 Å². The van der Waals surface area contributed by atoms with Crippen molar-refractivity contribution in [1.82, 2.24) is 0 Å². The van der Waals surface area contributed by atoms with E-state index in [0.29, 0.717) is 12.0 Å². The van der Waals surface area contributed by atoms with E-state index in [-0.39, 0.29) is 17.1 Å². The number of hydrogen-bond acceptors (Lipinski definition) is 5. The van der Waals surface area contributed by atoms with Crippen molar-refractivity contribution in [3.8, 4) is 11.1 Å². The van der Waals surface area contributed by atoms with E-state index >= 15 is 0 Å². The lowest BCUT2D eigenvalue weighted by atomic mass is 9.94. The van der Waals surface area contributed by atoms with Crippen LogP contribution in [-0.2, 0) is 6.42 Å². The molecule has 3 rings (SSSR count). The Morgan fingerprint density at radius 2 is 1.77 bits per heavy atom. The average Bonchev–Trinajstić information content (AvgIpc) is 2.48. The molecule has 2 aromatic carbocycles. The second-order valence-corrected chi connectivity index (χ2v) is 4.81. The molecule has 0 spiro atoms. The summed E-state index contributed by atoms with van der Waals surface area (Å²) in [5.41, 5.74) is 1.81. The average molecular weight is 297 g/mol. The van der Waals surface area contributed by atoms with Crippen LogP contribution in [0.5, 0.6) is 0 Å². The Bertz CT molecular complexity index is 814. The van der Waals surface area contributed by atoms with Gasteiger partial charge in [0.2, 0.25) is 0 Å². The molecule has 0 saturated heterocycles. The molecule has 7 heteroatoms. The largest absolute Gasteiger partial charge is 0.356 e. The number of non-ortho nitro benzene ring substituents is 1. The fraction of sp³-hybridized carbons (Fsp3) is 0.0667. The SMILES string of the molecule is O=[N+]([O-])c1cc2c(c([N+](=O)[O-])c1)N/C=C\Cc1ccccc1-2. The first-order chi connectivity index (χ1) is 10.6. The summed E-state index contributed by atoms with van der Waals surface area (Å²) >= 11 is 0. The number of fused-ring (bicyclic) bond motifs is 3. The summed E-state index contributed by atoms with van der Waals surface area (Å²) in [6.45, 7) is 0. The van der Waals surface area contributed by atoms with Crippen molar-refractivity contribution < 1.29 is 9.85 Å². The molecule has 110 valence electrons. The fourth-order valence-electron chi connectivity index (χ4n) is 2.51. The molecular weight excluding hydrogens is 286 g/mol. The summed E-state index contributed by atoms with van der Waals surface area (Å²) in [5, 5.41) is 25.2. The normalized spacial score (nSPS) is 13.8. The first-order valence-electron chi connectivity index (χ1n) is 6.54. The van der Waals surface area contributed by atoms with Crippen LogP contribution in [0.1, 0.15) is 5.56 Å². The Morgan fingerprint density at radius 1 is 1.00 bits per heavy atom. The summed E-state index contributed by atoms with van der Waals surface area (Å²) in [5.74, 6) is 0. The van der Waals surface area contributed by atoms with E-state index in [2.05, 4.69) is 5.32 Å². The Balaban J connectivity index is 2.37. The smallest absolute Gasteiger partial charge is 0.300 e. The van der Waals surface area contributed by atoms with Crippen LogP contribution in [0.2, 0.25) is 0 Å². The third-order valence-corrected chi connectivity index (χ3v) is 3.50. The van der Waals surface area contributed by atoms with E-state index in [1.54, 1.807) is 12.3 Å². The van der Waals surface area contributed by atoms with Gasteiger partial charge in [-0.15, -0.1) is 0 Å². The van der Waals surface area contributed by atoms with Crippen molar-refractivity contribution >= 4 is 17.1 Å². The lowest BCUT2D eigenvalue weighted by Gasteiger charge is -2.15. The van der Waals surface area contributed by atoms with Crippen molar-refractivity contribution in [2.24, 2.45) is 0 Å². The zero-order chi connectivity index (χ0) is 15.7. The molecule has 1 aliphatic rings. The molecule has 2 aromatic rings. The molecule has 7 nitrogen and oxygen atoms in total. The molecule has 0 atom stereocenters. The van der Waals surface area contributed by atoms with Gasteiger partial charge in [0, 0.05) is 11.6 Å². The first-order valence-corrected chi connectivity index (χ1v) is 6.54. The molecule has 0 saturated carbocycles.